The van der Waals surface area contributed by atoms with Crippen molar-refractivity contribution in [2.75, 3.05) is 7.11 Å². The third kappa shape index (κ3) is 3.09. The van der Waals surface area contributed by atoms with Gasteiger partial charge in [0, 0.05) is 11.3 Å². The van der Waals surface area contributed by atoms with Gasteiger partial charge < -0.3 is 19.7 Å². The molecule has 0 aromatic rings. The third-order valence-electron chi connectivity index (χ3n) is 12.1. The highest BCUT2D eigenvalue weighted by Gasteiger charge is 2.74. The van der Waals surface area contributed by atoms with E-state index in [9.17, 15) is 15.0 Å². The number of hydrogen-bond acceptors (Lipinski definition) is 5. The minimum absolute atomic E-state index is 0.0303. The van der Waals surface area contributed by atoms with Gasteiger partial charge in [0.1, 0.15) is 11.2 Å². The number of hydrogen-bond donors (Lipinski definition) is 2. The van der Waals surface area contributed by atoms with Crippen molar-refractivity contribution in [1.29, 1.82) is 0 Å². The highest BCUT2D eigenvalue weighted by Crippen LogP contribution is 2.70. The van der Waals surface area contributed by atoms with Crippen LogP contribution in [0, 0.1) is 33.5 Å². The van der Waals surface area contributed by atoms with E-state index in [4.69, 9.17) is 9.47 Å². The fourth-order valence-corrected chi connectivity index (χ4v) is 9.66. The summed E-state index contributed by atoms with van der Waals surface area (Å²) in [6, 6.07) is 0. The van der Waals surface area contributed by atoms with Crippen LogP contribution in [0.3, 0.4) is 0 Å². The van der Waals surface area contributed by atoms with Crippen LogP contribution in [-0.4, -0.2) is 46.2 Å². The number of ether oxygens (including phenoxy) is 2. The summed E-state index contributed by atoms with van der Waals surface area (Å²) in [6.07, 6.45) is 10.9. The predicted molar refractivity (Wildman–Crippen MR) is 140 cm³/mol. The molecule has 0 unspecified atom stereocenters. The van der Waals surface area contributed by atoms with Crippen LogP contribution >= 0.6 is 0 Å². The van der Waals surface area contributed by atoms with Crippen LogP contribution in [0.15, 0.2) is 24.3 Å². The van der Waals surface area contributed by atoms with Crippen molar-refractivity contribution in [3.63, 3.8) is 0 Å². The first-order chi connectivity index (χ1) is 16.5. The number of aliphatic hydroxyl groups excluding tert-OH is 1. The van der Waals surface area contributed by atoms with Crippen LogP contribution in [-0.2, 0) is 14.3 Å². The van der Waals surface area contributed by atoms with Gasteiger partial charge in [-0.3, -0.25) is 4.79 Å². The van der Waals surface area contributed by atoms with E-state index >= 15 is 0 Å². The molecule has 5 aliphatic rings. The highest BCUT2D eigenvalue weighted by molar-refractivity contribution is 5.78. The summed E-state index contributed by atoms with van der Waals surface area (Å²) in [4.78, 5) is 13.5. The summed E-state index contributed by atoms with van der Waals surface area (Å²) in [7, 11) is 1.49. The van der Waals surface area contributed by atoms with Crippen LogP contribution in [0.5, 0.6) is 0 Å². The maximum Gasteiger partial charge on any atom is 0.312 e. The molecule has 0 aromatic carbocycles. The van der Waals surface area contributed by atoms with Crippen LogP contribution in [0.4, 0.5) is 0 Å². The van der Waals surface area contributed by atoms with Gasteiger partial charge in [0.05, 0.1) is 24.2 Å². The molecule has 2 N–H and O–H groups in total. The summed E-state index contributed by atoms with van der Waals surface area (Å²) in [5, 5.41) is 23.1. The Balaban J connectivity index is 1.66. The normalized spacial score (nSPS) is 51.1. The molecule has 0 saturated heterocycles. The molecule has 5 heteroatoms. The van der Waals surface area contributed by atoms with Gasteiger partial charge in [0.2, 0.25) is 0 Å². The molecule has 2 spiro atoms. The van der Waals surface area contributed by atoms with Gasteiger partial charge in [-0.2, -0.15) is 0 Å². The standard InChI is InChI=1S/C31H48O5/c1-20-9-10-21-26(4,5)23(32)11-12-27(21,6)30(20)17-18-31(36-30)22-19-25(2,3)13-15-29(22,24(33)35-8)16-14-28(31,7)34/h17-18,21-23,32,34H,1,9-16,19H2,2-8H3/t21-,22+,23-,27-,28-,29-,30-,31-/m0/s1. The van der Waals surface area contributed by atoms with E-state index < -0.39 is 22.2 Å². The molecule has 0 bridgehead atoms. The zero-order valence-corrected chi connectivity index (χ0v) is 23.6. The van der Waals surface area contributed by atoms with Gasteiger partial charge in [0.15, 0.2) is 0 Å². The van der Waals surface area contributed by atoms with E-state index in [0.717, 1.165) is 50.5 Å². The van der Waals surface area contributed by atoms with Crippen LogP contribution in [0.2, 0.25) is 0 Å². The van der Waals surface area contributed by atoms with Crippen molar-refractivity contribution in [3.05, 3.63) is 24.3 Å². The predicted octanol–water partition coefficient (Wildman–Crippen LogP) is 5.73. The van der Waals surface area contributed by atoms with E-state index in [-0.39, 0.29) is 40.2 Å². The van der Waals surface area contributed by atoms with Gasteiger partial charge in [0.25, 0.3) is 0 Å². The Labute approximate surface area is 217 Å². The highest BCUT2D eigenvalue weighted by atomic mass is 16.5. The van der Waals surface area contributed by atoms with E-state index in [2.05, 4.69) is 53.3 Å². The summed E-state index contributed by atoms with van der Waals surface area (Å²) in [5.41, 5.74) is -2.97. The third-order valence-corrected chi connectivity index (χ3v) is 12.1. The van der Waals surface area contributed by atoms with E-state index in [1.54, 1.807) is 0 Å². The quantitative estimate of drug-likeness (QED) is 0.355. The van der Waals surface area contributed by atoms with Crippen LogP contribution < -0.4 is 0 Å². The Morgan fingerprint density at radius 1 is 1.00 bits per heavy atom. The minimum Gasteiger partial charge on any atom is -0.469 e. The molecule has 8 atom stereocenters. The Hall–Kier alpha value is -1.17. The first-order valence-corrected chi connectivity index (χ1v) is 14.1. The molecule has 36 heavy (non-hydrogen) atoms. The first kappa shape index (κ1) is 26.4. The average Bonchev–Trinajstić information content (AvgIpc) is 3.22. The van der Waals surface area contributed by atoms with Gasteiger partial charge in [-0.05, 0) is 93.1 Å². The molecule has 0 radical (unpaired) electrons. The molecular formula is C31H48O5. The molecule has 5 rings (SSSR count). The zero-order chi connectivity index (χ0) is 26.6. The topological polar surface area (TPSA) is 76.0 Å². The van der Waals surface area contributed by atoms with Gasteiger partial charge in [-0.25, -0.2) is 0 Å². The van der Waals surface area contributed by atoms with Crippen LogP contribution in [0.1, 0.15) is 99.3 Å². The lowest BCUT2D eigenvalue weighted by Gasteiger charge is -2.66. The van der Waals surface area contributed by atoms with E-state index in [0.29, 0.717) is 12.8 Å². The summed E-state index contributed by atoms with van der Waals surface area (Å²) in [5.74, 6) is -0.107. The number of rotatable bonds is 1. The van der Waals surface area contributed by atoms with Crippen molar-refractivity contribution >= 4 is 5.97 Å². The first-order valence-electron chi connectivity index (χ1n) is 14.1. The Bertz CT molecular complexity index is 989. The lowest BCUT2D eigenvalue weighted by molar-refractivity contribution is -0.291. The fraction of sp³-hybridized carbons (Fsp3) is 0.839. The number of methoxy groups -OCH3 is 1. The number of esters is 1. The number of aliphatic hydroxyl groups is 2. The Morgan fingerprint density at radius 3 is 2.33 bits per heavy atom. The summed E-state index contributed by atoms with van der Waals surface area (Å²) >= 11 is 0. The molecule has 4 aliphatic carbocycles. The monoisotopic (exact) mass is 500 g/mol. The Morgan fingerprint density at radius 2 is 1.67 bits per heavy atom. The molecule has 0 aromatic heterocycles. The second-order valence-electron chi connectivity index (χ2n) is 14.8. The molecule has 4 fully saturated rings. The average molecular weight is 501 g/mol. The molecular weight excluding hydrogens is 452 g/mol. The molecule has 5 nitrogen and oxygen atoms in total. The number of fused-ring (bicyclic) bond motifs is 4. The fourth-order valence-electron chi connectivity index (χ4n) is 9.66. The zero-order valence-electron chi connectivity index (χ0n) is 23.6. The van der Waals surface area contributed by atoms with Gasteiger partial charge in [-0.1, -0.05) is 47.3 Å². The smallest absolute Gasteiger partial charge is 0.312 e. The molecule has 1 aliphatic heterocycles. The largest absolute Gasteiger partial charge is 0.469 e. The van der Waals surface area contributed by atoms with Crippen molar-refractivity contribution < 1.29 is 24.5 Å². The number of carbonyl (C=O) groups excluding carboxylic acids is 1. The Kier molecular flexibility index (Phi) is 5.65. The maximum absolute atomic E-state index is 13.5. The van der Waals surface area contributed by atoms with Gasteiger partial charge in [-0.15, -0.1) is 0 Å². The van der Waals surface area contributed by atoms with Crippen molar-refractivity contribution in [3.8, 4) is 0 Å². The molecule has 0 amide bonds. The number of carbonyl (C=O) groups is 1. The van der Waals surface area contributed by atoms with Crippen molar-refractivity contribution in [1.82, 2.24) is 0 Å². The molecule has 1 heterocycles. The molecule has 4 saturated carbocycles. The lowest BCUT2D eigenvalue weighted by Crippen LogP contribution is -2.71. The SMILES string of the molecule is C=C1CC[C@H]2C(C)(C)[C@@H](O)CC[C@]2(C)[C@]12C=C[C@]1(O2)[C@@H]2CC(C)(C)CC[C@]2(C(=O)OC)CC[C@]1(C)O. The van der Waals surface area contributed by atoms with Gasteiger partial charge >= 0.3 is 5.97 Å². The second kappa shape index (κ2) is 7.70. The van der Waals surface area contributed by atoms with Crippen molar-refractivity contribution in [2.24, 2.45) is 33.5 Å². The lowest BCUT2D eigenvalue weighted by atomic mass is 9.45. The molecule has 202 valence electrons. The second-order valence-corrected chi connectivity index (χ2v) is 14.8. The minimum atomic E-state index is -1.13. The summed E-state index contributed by atoms with van der Waals surface area (Å²) < 4.78 is 12.9. The van der Waals surface area contributed by atoms with Crippen molar-refractivity contribution in [2.45, 2.75) is 122 Å². The van der Waals surface area contributed by atoms with Crippen LogP contribution in [0.25, 0.3) is 0 Å². The van der Waals surface area contributed by atoms with E-state index in [1.807, 2.05) is 6.92 Å². The maximum atomic E-state index is 13.5. The van der Waals surface area contributed by atoms with E-state index in [1.165, 1.54) is 7.11 Å². The summed E-state index contributed by atoms with van der Waals surface area (Å²) in [6.45, 7) is 17.7.